The highest BCUT2D eigenvalue weighted by Crippen LogP contribution is 2.18. The zero-order valence-corrected chi connectivity index (χ0v) is 10.8. The van der Waals surface area contributed by atoms with Crippen LogP contribution in [0, 0.1) is 10.1 Å². The van der Waals surface area contributed by atoms with Gasteiger partial charge in [-0.25, -0.2) is 0 Å². The third-order valence-electron chi connectivity index (χ3n) is 2.23. The molecule has 0 saturated carbocycles. The van der Waals surface area contributed by atoms with E-state index in [0.29, 0.717) is 13.1 Å². The quantitative estimate of drug-likeness (QED) is 0.646. The third-order valence-corrected chi connectivity index (χ3v) is 2.23. The molecule has 0 aliphatic rings. The summed E-state index contributed by atoms with van der Waals surface area (Å²) in [5, 5.41) is 10.8. The lowest BCUT2D eigenvalue weighted by molar-refractivity contribution is -0.385. The van der Waals surface area contributed by atoms with Gasteiger partial charge in [-0.3, -0.25) is 10.1 Å². The number of hydrogen-bond acceptors (Lipinski definition) is 4. The topological polar surface area (TPSA) is 72.4 Å². The Bertz CT molecular complexity index is 371. The average molecular weight is 260 g/mol. The second kappa shape index (κ2) is 7.21. The Morgan fingerprint density at radius 1 is 1.47 bits per heavy atom. The third kappa shape index (κ3) is 5.12. The SMILES string of the molecule is CC(N)CN(C)Cc1ccccc1[N+](=O)[O-].Cl. The fraction of sp³-hybridized carbons (Fsp3) is 0.455. The van der Waals surface area contributed by atoms with Crippen molar-refractivity contribution in [1.29, 1.82) is 0 Å². The molecule has 1 unspecified atom stereocenters. The van der Waals surface area contributed by atoms with Gasteiger partial charge in [-0.15, -0.1) is 12.4 Å². The molecule has 5 nitrogen and oxygen atoms in total. The fourth-order valence-electron chi connectivity index (χ4n) is 1.67. The van der Waals surface area contributed by atoms with Crippen molar-refractivity contribution in [3.63, 3.8) is 0 Å². The molecule has 1 aromatic carbocycles. The number of nitro groups is 1. The van der Waals surface area contributed by atoms with Crippen molar-refractivity contribution >= 4 is 18.1 Å². The van der Waals surface area contributed by atoms with E-state index < -0.39 is 0 Å². The predicted molar refractivity (Wildman–Crippen MR) is 70.3 cm³/mol. The molecule has 17 heavy (non-hydrogen) atoms. The largest absolute Gasteiger partial charge is 0.327 e. The monoisotopic (exact) mass is 259 g/mol. The molecule has 0 saturated heterocycles. The van der Waals surface area contributed by atoms with Gasteiger partial charge in [0.15, 0.2) is 0 Å². The van der Waals surface area contributed by atoms with Crippen LogP contribution in [0.1, 0.15) is 12.5 Å². The van der Waals surface area contributed by atoms with E-state index in [1.807, 2.05) is 24.9 Å². The summed E-state index contributed by atoms with van der Waals surface area (Å²) in [5.74, 6) is 0. The lowest BCUT2D eigenvalue weighted by Crippen LogP contribution is -2.32. The Morgan fingerprint density at radius 3 is 2.59 bits per heavy atom. The molecule has 96 valence electrons. The molecule has 0 spiro atoms. The maximum atomic E-state index is 10.8. The van der Waals surface area contributed by atoms with Crippen LogP contribution in [-0.4, -0.2) is 29.5 Å². The van der Waals surface area contributed by atoms with E-state index in [1.54, 1.807) is 12.1 Å². The number of rotatable bonds is 5. The normalized spacial score (nSPS) is 12.0. The van der Waals surface area contributed by atoms with Crippen LogP contribution < -0.4 is 5.73 Å². The first-order chi connectivity index (χ1) is 7.50. The molecule has 1 atom stereocenters. The number of para-hydroxylation sites is 1. The maximum Gasteiger partial charge on any atom is 0.273 e. The van der Waals surface area contributed by atoms with Gasteiger partial charge in [0.2, 0.25) is 0 Å². The van der Waals surface area contributed by atoms with Crippen LogP contribution in [0.25, 0.3) is 0 Å². The van der Waals surface area contributed by atoms with Crippen LogP contribution in [0.3, 0.4) is 0 Å². The lowest BCUT2D eigenvalue weighted by Gasteiger charge is -2.18. The molecule has 6 heteroatoms. The number of nitrogens with zero attached hydrogens (tertiary/aromatic N) is 2. The first-order valence-electron chi connectivity index (χ1n) is 5.17. The minimum Gasteiger partial charge on any atom is -0.327 e. The van der Waals surface area contributed by atoms with E-state index in [2.05, 4.69) is 0 Å². The molecule has 0 fully saturated rings. The number of benzene rings is 1. The number of nitro benzene ring substituents is 1. The molecule has 0 aliphatic carbocycles. The van der Waals surface area contributed by atoms with Crippen LogP contribution in [-0.2, 0) is 6.54 Å². The standard InChI is InChI=1S/C11H17N3O2.ClH/c1-9(12)7-13(2)8-10-5-3-4-6-11(10)14(15)16;/h3-6,9H,7-8,12H2,1-2H3;1H. The second-order valence-corrected chi connectivity index (χ2v) is 4.06. The van der Waals surface area contributed by atoms with Crippen molar-refractivity contribution in [3.8, 4) is 0 Å². The molecule has 0 bridgehead atoms. The van der Waals surface area contributed by atoms with E-state index in [1.165, 1.54) is 6.07 Å². The summed E-state index contributed by atoms with van der Waals surface area (Å²) in [5.41, 5.74) is 6.55. The Kier molecular flexibility index (Phi) is 6.72. The lowest BCUT2D eigenvalue weighted by atomic mass is 10.1. The van der Waals surface area contributed by atoms with Crippen LogP contribution in [0.4, 0.5) is 5.69 Å². The van der Waals surface area contributed by atoms with Gasteiger partial charge in [-0.1, -0.05) is 18.2 Å². The zero-order chi connectivity index (χ0) is 12.1. The molecule has 0 amide bonds. The molecule has 2 N–H and O–H groups in total. The van der Waals surface area contributed by atoms with Crippen molar-refractivity contribution in [3.05, 3.63) is 39.9 Å². The van der Waals surface area contributed by atoms with Crippen molar-refractivity contribution < 1.29 is 4.92 Å². The number of halogens is 1. The molecule has 0 aliphatic heterocycles. The zero-order valence-electron chi connectivity index (χ0n) is 10.00. The van der Waals surface area contributed by atoms with Crippen molar-refractivity contribution in [2.45, 2.75) is 19.5 Å². The van der Waals surface area contributed by atoms with Gasteiger partial charge in [0.25, 0.3) is 5.69 Å². The van der Waals surface area contributed by atoms with E-state index in [-0.39, 0.29) is 29.1 Å². The van der Waals surface area contributed by atoms with Crippen molar-refractivity contribution in [2.24, 2.45) is 5.73 Å². The van der Waals surface area contributed by atoms with Gasteiger partial charge in [0.1, 0.15) is 0 Å². The minimum atomic E-state index is -0.352. The van der Waals surface area contributed by atoms with Gasteiger partial charge < -0.3 is 10.6 Å². The fourth-order valence-corrected chi connectivity index (χ4v) is 1.67. The van der Waals surface area contributed by atoms with Crippen LogP contribution in [0.5, 0.6) is 0 Å². The van der Waals surface area contributed by atoms with Crippen molar-refractivity contribution in [1.82, 2.24) is 4.90 Å². The summed E-state index contributed by atoms with van der Waals surface area (Å²) in [6.45, 7) is 3.17. The Balaban J connectivity index is 0.00000256. The molecule has 0 radical (unpaired) electrons. The minimum absolute atomic E-state index is 0. The summed E-state index contributed by atoms with van der Waals surface area (Å²) in [7, 11) is 1.90. The van der Waals surface area contributed by atoms with Gasteiger partial charge in [-0.2, -0.15) is 0 Å². The maximum absolute atomic E-state index is 10.8. The summed E-state index contributed by atoms with van der Waals surface area (Å²) in [6, 6.07) is 6.84. The highest BCUT2D eigenvalue weighted by molar-refractivity contribution is 5.85. The van der Waals surface area contributed by atoms with Crippen molar-refractivity contribution in [2.75, 3.05) is 13.6 Å². The van der Waals surface area contributed by atoms with E-state index in [0.717, 1.165) is 5.56 Å². The first-order valence-corrected chi connectivity index (χ1v) is 5.17. The van der Waals surface area contributed by atoms with Gasteiger partial charge >= 0.3 is 0 Å². The number of hydrogen-bond donors (Lipinski definition) is 1. The Hall–Kier alpha value is -1.17. The molecule has 0 heterocycles. The molecule has 1 rings (SSSR count). The van der Waals surface area contributed by atoms with Gasteiger partial charge in [0.05, 0.1) is 4.92 Å². The average Bonchev–Trinajstić information content (AvgIpc) is 2.16. The molecular weight excluding hydrogens is 242 g/mol. The summed E-state index contributed by atoms with van der Waals surface area (Å²) >= 11 is 0. The van der Waals surface area contributed by atoms with E-state index >= 15 is 0 Å². The molecule has 0 aromatic heterocycles. The van der Waals surface area contributed by atoms with E-state index in [9.17, 15) is 10.1 Å². The number of likely N-dealkylation sites (N-methyl/N-ethyl adjacent to an activating group) is 1. The smallest absolute Gasteiger partial charge is 0.273 e. The molecular formula is C11H18ClN3O2. The summed E-state index contributed by atoms with van der Waals surface area (Å²) in [6.07, 6.45) is 0. The predicted octanol–water partition coefficient (Wildman–Crippen LogP) is 1.80. The summed E-state index contributed by atoms with van der Waals surface area (Å²) < 4.78 is 0. The Labute approximate surface area is 107 Å². The number of nitrogens with two attached hydrogens (primary N) is 1. The van der Waals surface area contributed by atoms with Crippen LogP contribution in [0.2, 0.25) is 0 Å². The van der Waals surface area contributed by atoms with Gasteiger partial charge in [-0.05, 0) is 14.0 Å². The summed E-state index contributed by atoms with van der Waals surface area (Å²) in [4.78, 5) is 12.4. The van der Waals surface area contributed by atoms with E-state index in [4.69, 9.17) is 5.73 Å². The second-order valence-electron chi connectivity index (χ2n) is 4.06. The first kappa shape index (κ1) is 15.8. The highest BCUT2D eigenvalue weighted by atomic mass is 35.5. The van der Waals surface area contributed by atoms with Gasteiger partial charge in [0, 0.05) is 30.8 Å². The van der Waals surface area contributed by atoms with Crippen LogP contribution in [0.15, 0.2) is 24.3 Å². The Morgan fingerprint density at radius 2 is 2.06 bits per heavy atom. The molecule has 1 aromatic rings. The highest BCUT2D eigenvalue weighted by Gasteiger charge is 2.14. The van der Waals surface area contributed by atoms with Crippen LogP contribution >= 0.6 is 12.4 Å².